The van der Waals surface area contributed by atoms with Gasteiger partial charge >= 0.3 is 32.0 Å². The number of phosphoric acid groups is 1. The van der Waals surface area contributed by atoms with Crippen LogP contribution in [0.25, 0.3) is 0 Å². The summed E-state index contributed by atoms with van der Waals surface area (Å²) in [5.41, 5.74) is -18.1. The number of rotatable bonds is 27. The van der Waals surface area contributed by atoms with E-state index in [4.69, 9.17) is 13.6 Å². The van der Waals surface area contributed by atoms with E-state index < -0.39 is 120 Å². The zero-order chi connectivity index (χ0) is 36.8. The number of hydrogen-bond donors (Lipinski definition) is 9. The van der Waals surface area contributed by atoms with E-state index in [2.05, 4.69) is 0 Å². The zero-order valence-corrected chi connectivity index (χ0v) is 28.2. The van der Waals surface area contributed by atoms with Crippen molar-refractivity contribution in [1.29, 1.82) is 0 Å². The molecule has 0 heterocycles. The molecule has 47 heavy (non-hydrogen) atoms. The predicted molar refractivity (Wildman–Crippen MR) is 157 cm³/mol. The van der Waals surface area contributed by atoms with Crippen LogP contribution in [0.15, 0.2) is 0 Å². The molecule has 0 atom stereocenters. The largest absolute Gasteiger partial charge is 0.485 e. The Morgan fingerprint density at radius 3 is 0.681 bits per heavy atom. The van der Waals surface area contributed by atoms with E-state index in [0.29, 0.717) is 0 Å². The van der Waals surface area contributed by atoms with Crippen LogP contribution in [0.4, 0.5) is 43.2 Å². The molecule has 0 rings (SSSR count). The minimum absolute atomic E-state index is 0.271. The third-order valence-corrected chi connectivity index (χ3v) is 18.3. The molecule has 22 nitrogen and oxygen atoms in total. The normalized spacial score (nSPS) is 12.2. The van der Waals surface area contributed by atoms with Crippen LogP contribution in [0.3, 0.4) is 0 Å². The maximum Gasteiger partial charge on any atom is 0.474 e. The molecular weight excluding hydrogens is 719 g/mol. The third-order valence-electron chi connectivity index (χ3n) is 6.87. The highest BCUT2D eigenvalue weighted by Crippen LogP contribution is 2.50. The standard InChI is InChI=1S/C21H33O22PSi3/c22-13(23)45(14(24)25,15(26)27)10-4-1-7-41-44(40,42-8-2-5-11-46(16(28)29,17(30)31)18(32)33)43-9-3-6-12-47(19(34)35,20(36)37)21(38)39/h1-12H2,(H,22,23)(H,24,25)(H,26,27)(H,28,29)(H,30,31)(H,32,33)(H,34,35)(H,36,37)(H,38,39). The van der Waals surface area contributed by atoms with Crippen molar-refractivity contribution in [3.8, 4) is 0 Å². The first-order valence-electron chi connectivity index (χ1n) is 13.3. The van der Waals surface area contributed by atoms with E-state index in [1.807, 2.05) is 0 Å². The number of unbranched alkanes of at least 4 members (excludes halogenated alkanes) is 3. The van der Waals surface area contributed by atoms with E-state index >= 15 is 0 Å². The molecule has 0 aliphatic carbocycles. The lowest BCUT2D eigenvalue weighted by Crippen LogP contribution is -2.57. The molecule has 26 heteroatoms. The SMILES string of the molecule is O=C(O)[Si](CCCCOP(=O)(OCCCC[Si](C(=O)O)(C(=O)O)C(=O)O)OCCCC[Si](C(=O)O)(C(=O)O)C(=O)O)(C(=O)O)C(=O)O. The van der Waals surface area contributed by atoms with Crippen LogP contribution in [0.1, 0.15) is 38.5 Å². The van der Waals surface area contributed by atoms with Gasteiger partial charge in [0, 0.05) is 0 Å². The molecule has 0 aromatic heterocycles. The molecule has 0 aliphatic heterocycles. The summed E-state index contributed by atoms with van der Waals surface area (Å²) in [7, 11) is -19.5. The topological polar surface area (TPSA) is 380 Å². The molecule has 266 valence electrons. The van der Waals surface area contributed by atoms with Crippen molar-refractivity contribution in [3.63, 3.8) is 0 Å². The van der Waals surface area contributed by atoms with Gasteiger partial charge in [-0.05, 0) is 37.4 Å². The van der Waals surface area contributed by atoms with Crippen molar-refractivity contribution >= 4 is 82.4 Å². The highest BCUT2D eigenvalue weighted by atomic mass is 31.2. The molecule has 0 aromatic rings. The summed E-state index contributed by atoms with van der Waals surface area (Å²) in [5.74, 6) is 0. The van der Waals surface area contributed by atoms with Gasteiger partial charge in [-0.3, -0.25) is 56.7 Å². The summed E-state index contributed by atoms with van der Waals surface area (Å²) in [6.07, 6.45) is -1.87. The Bertz CT molecular complexity index is 1040. The van der Waals surface area contributed by atoms with Crippen molar-refractivity contribution in [2.75, 3.05) is 19.8 Å². The van der Waals surface area contributed by atoms with Crippen molar-refractivity contribution in [3.05, 3.63) is 0 Å². The fourth-order valence-electron chi connectivity index (χ4n) is 3.90. The molecular formula is C21H33O22PSi3. The van der Waals surface area contributed by atoms with Gasteiger partial charge in [-0.25, -0.2) is 4.57 Å². The first kappa shape index (κ1) is 43.0. The summed E-state index contributed by atoms with van der Waals surface area (Å²) in [6, 6.07) is -2.35. The average Bonchev–Trinajstić information content (AvgIpc) is 2.92. The summed E-state index contributed by atoms with van der Waals surface area (Å²) in [5, 5.41) is 82.9. The highest BCUT2D eigenvalue weighted by Gasteiger charge is 2.60. The number of phosphoric ester groups is 1. The number of carbonyl (C=O) groups is 9. The van der Waals surface area contributed by atoms with Gasteiger partial charge in [0.15, 0.2) is 0 Å². The Hall–Kier alpha value is -4.01. The van der Waals surface area contributed by atoms with Gasteiger partial charge in [0.1, 0.15) is 0 Å². The van der Waals surface area contributed by atoms with Crippen molar-refractivity contribution in [1.82, 2.24) is 0 Å². The fraction of sp³-hybridized carbons (Fsp3) is 0.571. The lowest BCUT2D eigenvalue weighted by molar-refractivity contribution is 0.109. The smallest absolute Gasteiger partial charge is 0.474 e. The molecule has 0 spiro atoms. The molecule has 0 aromatic carbocycles. The lowest BCUT2D eigenvalue weighted by Gasteiger charge is -2.20. The minimum Gasteiger partial charge on any atom is -0.485 e. The Kier molecular flexibility index (Phi) is 16.8. The van der Waals surface area contributed by atoms with Crippen LogP contribution < -0.4 is 0 Å². The zero-order valence-electron chi connectivity index (χ0n) is 24.3. The van der Waals surface area contributed by atoms with Crippen LogP contribution >= 0.6 is 7.82 Å². The molecule has 0 saturated heterocycles. The molecule has 0 bridgehead atoms. The first-order valence-corrected chi connectivity index (χ1v) is 21.3. The van der Waals surface area contributed by atoms with Gasteiger partial charge < -0.3 is 46.0 Å². The Morgan fingerprint density at radius 1 is 0.362 bits per heavy atom. The predicted octanol–water partition coefficient (Wildman–Crippen LogP) is 5.17. The highest BCUT2D eigenvalue weighted by molar-refractivity contribution is 7.48. The molecule has 0 saturated carbocycles. The first-order chi connectivity index (χ1) is 21.6. The second-order valence-electron chi connectivity index (χ2n) is 9.78. The van der Waals surface area contributed by atoms with Crippen molar-refractivity contribution in [2.45, 2.75) is 56.7 Å². The summed E-state index contributed by atoms with van der Waals surface area (Å²) >= 11 is 0. The summed E-state index contributed by atoms with van der Waals surface area (Å²) in [4.78, 5) is 103. The molecule has 0 radical (unpaired) electrons. The van der Waals surface area contributed by atoms with Crippen molar-refractivity contribution in [2.24, 2.45) is 0 Å². The van der Waals surface area contributed by atoms with E-state index in [9.17, 15) is 93.7 Å². The Morgan fingerprint density at radius 2 is 0.532 bits per heavy atom. The van der Waals surface area contributed by atoms with E-state index in [1.165, 1.54) is 0 Å². The second kappa shape index (κ2) is 18.4. The van der Waals surface area contributed by atoms with Gasteiger partial charge in [-0.15, -0.1) is 0 Å². The van der Waals surface area contributed by atoms with Crippen LogP contribution in [0.2, 0.25) is 18.1 Å². The van der Waals surface area contributed by atoms with Crippen molar-refractivity contribution < 1.29 is 107 Å². The summed E-state index contributed by atoms with van der Waals surface area (Å²) < 4.78 is 28.4. The second-order valence-corrected chi connectivity index (χ2v) is 22.2. The molecule has 0 fully saturated rings. The van der Waals surface area contributed by atoms with Crippen LogP contribution in [0.5, 0.6) is 0 Å². The lowest BCUT2D eigenvalue weighted by atomic mass is 10.4. The fourth-order valence-corrected chi connectivity index (χ4v) is 11.1. The van der Waals surface area contributed by atoms with Gasteiger partial charge in [-0.2, -0.15) is 0 Å². The maximum atomic E-state index is 13.2. The third kappa shape index (κ3) is 10.5. The van der Waals surface area contributed by atoms with Crippen LogP contribution in [-0.2, 0) is 18.1 Å². The van der Waals surface area contributed by atoms with Gasteiger partial charge in [0.05, 0.1) is 19.8 Å². The summed E-state index contributed by atoms with van der Waals surface area (Å²) in [6.45, 7) is -1.79. The van der Waals surface area contributed by atoms with E-state index in [-0.39, 0.29) is 38.5 Å². The van der Waals surface area contributed by atoms with Gasteiger partial charge in [0.2, 0.25) is 0 Å². The Balaban J connectivity index is 5.55. The van der Waals surface area contributed by atoms with Gasteiger partial charge in [0.25, 0.3) is 50.3 Å². The number of carboxylic acid groups (broad SMARTS) is 9. The molecule has 0 aliphatic rings. The molecule has 9 N–H and O–H groups in total. The number of hydrogen-bond acceptors (Lipinski definition) is 13. The maximum absolute atomic E-state index is 13.2. The van der Waals surface area contributed by atoms with Crippen LogP contribution in [0, 0.1) is 0 Å². The van der Waals surface area contributed by atoms with E-state index in [0.717, 1.165) is 0 Å². The molecule has 0 amide bonds. The van der Waals surface area contributed by atoms with E-state index in [1.54, 1.807) is 0 Å². The minimum atomic E-state index is -4.94. The quantitative estimate of drug-likeness (QED) is 0.0297. The van der Waals surface area contributed by atoms with Crippen LogP contribution in [-0.4, -0.2) is 140 Å². The van der Waals surface area contributed by atoms with Gasteiger partial charge in [-0.1, -0.05) is 19.3 Å². The average molecular weight is 753 g/mol. The Labute approximate surface area is 266 Å². The monoisotopic (exact) mass is 752 g/mol. The molecule has 0 unspecified atom stereocenters.